The molecule has 1 aromatic rings. The fourth-order valence-electron chi connectivity index (χ4n) is 1.27. The van der Waals surface area contributed by atoms with Crippen LogP contribution in [0.4, 0.5) is 10.1 Å². The number of hydrogen-bond donors (Lipinski definition) is 1. The van der Waals surface area contributed by atoms with Crippen LogP contribution >= 0.6 is 0 Å². The van der Waals surface area contributed by atoms with E-state index in [0.717, 1.165) is 0 Å². The summed E-state index contributed by atoms with van der Waals surface area (Å²) < 4.78 is 30.2. The molecule has 0 fully saturated rings. The standard InChI is InChI=1S/C12H18FNO2S/c1-9(2)8-16-5-6-17(15)12-7-10(13)3-4-11(12)14/h3-4,7,9H,5-6,8,14H2,1-2H3. The van der Waals surface area contributed by atoms with Crippen LogP contribution in [0.3, 0.4) is 0 Å². The van der Waals surface area contributed by atoms with E-state index in [1.165, 1.54) is 18.2 Å². The predicted octanol–water partition coefficient (Wildman–Crippen LogP) is 2.19. The molecule has 0 aliphatic carbocycles. The largest absolute Gasteiger partial charge is 0.398 e. The van der Waals surface area contributed by atoms with E-state index in [1.807, 2.05) is 13.8 Å². The summed E-state index contributed by atoms with van der Waals surface area (Å²) in [5.74, 6) is 0.355. The maximum Gasteiger partial charge on any atom is 0.124 e. The van der Waals surface area contributed by atoms with Gasteiger partial charge in [0.2, 0.25) is 0 Å². The molecule has 0 bridgehead atoms. The first-order valence-corrected chi connectivity index (χ1v) is 6.83. The Kier molecular flexibility index (Phi) is 5.58. The van der Waals surface area contributed by atoms with Crippen molar-refractivity contribution >= 4 is 16.5 Å². The Morgan fingerprint density at radius 1 is 1.47 bits per heavy atom. The SMILES string of the molecule is CC(C)COCCS(=O)c1cc(F)ccc1N. The van der Waals surface area contributed by atoms with Gasteiger partial charge in [-0.25, -0.2) is 4.39 Å². The lowest BCUT2D eigenvalue weighted by atomic mass is 10.2. The third-order valence-electron chi connectivity index (χ3n) is 2.09. The van der Waals surface area contributed by atoms with E-state index < -0.39 is 16.6 Å². The Bertz CT molecular complexity index is 396. The van der Waals surface area contributed by atoms with Gasteiger partial charge in [-0.3, -0.25) is 4.21 Å². The molecule has 1 unspecified atom stereocenters. The van der Waals surface area contributed by atoms with Crippen molar-refractivity contribution < 1.29 is 13.3 Å². The maximum absolute atomic E-state index is 13.0. The molecule has 0 saturated carbocycles. The smallest absolute Gasteiger partial charge is 0.124 e. The molecule has 0 aliphatic rings. The molecule has 0 radical (unpaired) electrons. The van der Waals surface area contributed by atoms with Crippen LogP contribution in [0.1, 0.15) is 13.8 Å². The van der Waals surface area contributed by atoms with Crippen molar-refractivity contribution in [3.8, 4) is 0 Å². The molecule has 5 heteroatoms. The molecular formula is C12H18FNO2S. The third kappa shape index (κ3) is 4.83. The van der Waals surface area contributed by atoms with Crippen LogP contribution < -0.4 is 5.73 Å². The predicted molar refractivity (Wildman–Crippen MR) is 67.7 cm³/mol. The Hall–Kier alpha value is -0.940. The summed E-state index contributed by atoms with van der Waals surface area (Å²) in [6, 6.07) is 3.90. The lowest BCUT2D eigenvalue weighted by Crippen LogP contribution is -2.11. The number of nitrogens with two attached hydrogens (primary N) is 1. The summed E-state index contributed by atoms with van der Waals surface area (Å²) in [6.07, 6.45) is 0. The summed E-state index contributed by atoms with van der Waals surface area (Å²) >= 11 is 0. The molecule has 1 atom stereocenters. The normalized spacial score (nSPS) is 12.9. The van der Waals surface area contributed by atoms with Gasteiger partial charge in [0.1, 0.15) is 5.82 Å². The molecule has 0 heterocycles. The third-order valence-corrected chi connectivity index (χ3v) is 3.47. The quantitative estimate of drug-likeness (QED) is 0.629. The Morgan fingerprint density at radius 2 is 2.18 bits per heavy atom. The molecule has 0 amide bonds. The Morgan fingerprint density at radius 3 is 2.82 bits per heavy atom. The van der Waals surface area contributed by atoms with E-state index in [9.17, 15) is 8.60 Å². The molecule has 1 aromatic carbocycles. The molecule has 1 rings (SSSR count). The van der Waals surface area contributed by atoms with Crippen LogP contribution in [0.15, 0.2) is 23.1 Å². The monoisotopic (exact) mass is 259 g/mol. The van der Waals surface area contributed by atoms with Crippen molar-refractivity contribution in [1.29, 1.82) is 0 Å². The van der Waals surface area contributed by atoms with Crippen molar-refractivity contribution in [3.05, 3.63) is 24.0 Å². The van der Waals surface area contributed by atoms with Crippen LogP contribution in [-0.2, 0) is 15.5 Å². The van der Waals surface area contributed by atoms with Gasteiger partial charge in [-0.05, 0) is 24.1 Å². The van der Waals surface area contributed by atoms with Gasteiger partial charge in [-0.1, -0.05) is 13.8 Å². The first-order valence-electron chi connectivity index (χ1n) is 5.52. The van der Waals surface area contributed by atoms with Crippen LogP contribution in [0.2, 0.25) is 0 Å². The average Bonchev–Trinajstić information content (AvgIpc) is 2.27. The zero-order valence-corrected chi connectivity index (χ0v) is 10.9. The van der Waals surface area contributed by atoms with Crippen LogP contribution in [0.5, 0.6) is 0 Å². The minimum atomic E-state index is -1.31. The second-order valence-electron chi connectivity index (χ2n) is 4.20. The van der Waals surface area contributed by atoms with Gasteiger partial charge >= 0.3 is 0 Å². The molecule has 17 heavy (non-hydrogen) atoms. The highest BCUT2D eigenvalue weighted by Gasteiger charge is 2.09. The molecule has 0 aliphatic heterocycles. The topological polar surface area (TPSA) is 52.3 Å². The van der Waals surface area contributed by atoms with Gasteiger partial charge in [0.15, 0.2) is 0 Å². The first kappa shape index (κ1) is 14.1. The molecule has 0 aromatic heterocycles. The van der Waals surface area contributed by atoms with Crippen LogP contribution in [0, 0.1) is 11.7 Å². The fourth-order valence-corrected chi connectivity index (χ4v) is 2.33. The highest BCUT2D eigenvalue weighted by molar-refractivity contribution is 7.85. The number of nitrogen functional groups attached to an aromatic ring is 1. The molecule has 0 saturated heterocycles. The van der Waals surface area contributed by atoms with Gasteiger partial charge in [0.05, 0.1) is 28.1 Å². The lowest BCUT2D eigenvalue weighted by Gasteiger charge is -2.08. The average molecular weight is 259 g/mol. The maximum atomic E-state index is 13.0. The number of rotatable bonds is 6. The second kappa shape index (κ2) is 6.71. The molecule has 3 nitrogen and oxygen atoms in total. The zero-order chi connectivity index (χ0) is 12.8. The zero-order valence-electron chi connectivity index (χ0n) is 10.1. The highest BCUT2D eigenvalue weighted by atomic mass is 32.2. The molecule has 2 N–H and O–H groups in total. The Balaban J connectivity index is 2.49. The van der Waals surface area contributed by atoms with Crippen molar-refractivity contribution in [2.45, 2.75) is 18.7 Å². The minimum absolute atomic E-state index is 0.334. The number of anilines is 1. The van der Waals surface area contributed by atoms with Gasteiger partial charge in [-0.15, -0.1) is 0 Å². The van der Waals surface area contributed by atoms with E-state index in [-0.39, 0.29) is 0 Å². The van der Waals surface area contributed by atoms with Crippen molar-refractivity contribution in [1.82, 2.24) is 0 Å². The Labute approximate surface area is 104 Å². The molecule has 0 spiro atoms. The van der Waals surface area contributed by atoms with Gasteiger partial charge in [-0.2, -0.15) is 0 Å². The lowest BCUT2D eigenvalue weighted by molar-refractivity contribution is 0.123. The van der Waals surface area contributed by atoms with Crippen molar-refractivity contribution in [2.75, 3.05) is 24.7 Å². The van der Waals surface area contributed by atoms with E-state index in [4.69, 9.17) is 10.5 Å². The highest BCUT2D eigenvalue weighted by Crippen LogP contribution is 2.17. The van der Waals surface area contributed by atoms with E-state index in [2.05, 4.69) is 0 Å². The molecular weight excluding hydrogens is 241 g/mol. The number of ether oxygens (including phenoxy) is 1. The van der Waals surface area contributed by atoms with E-state index >= 15 is 0 Å². The van der Waals surface area contributed by atoms with Crippen LogP contribution in [0.25, 0.3) is 0 Å². The van der Waals surface area contributed by atoms with Gasteiger partial charge in [0, 0.05) is 12.3 Å². The van der Waals surface area contributed by atoms with Crippen molar-refractivity contribution in [2.24, 2.45) is 5.92 Å². The minimum Gasteiger partial charge on any atom is -0.398 e. The second-order valence-corrected chi connectivity index (χ2v) is 5.74. The summed E-state index contributed by atoms with van der Waals surface area (Å²) in [5.41, 5.74) is 6.00. The summed E-state index contributed by atoms with van der Waals surface area (Å²) in [7, 11) is -1.31. The van der Waals surface area contributed by atoms with Gasteiger partial charge < -0.3 is 10.5 Å². The summed E-state index contributed by atoms with van der Waals surface area (Å²) in [4.78, 5) is 0.346. The van der Waals surface area contributed by atoms with Crippen molar-refractivity contribution in [3.63, 3.8) is 0 Å². The summed E-state index contributed by atoms with van der Waals surface area (Å²) in [5, 5.41) is 0. The summed E-state index contributed by atoms with van der Waals surface area (Å²) in [6.45, 7) is 5.11. The van der Waals surface area contributed by atoms with Crippen LogP contribution in [-0.4, -0.2) is 23.2 Å². The number of halogens is 1. The molecule has 96 valence electrons. The van der Waals surface area contributed by atoms with Gasteiger partial charge in [0.25, 0.3) is 0 Å². The number of benzene rings is 1. The number of hydrogen-bond acceptors (Lipinski definition) is 3. The fraction of sp³-hybridized carbons (Fsp3) is 0.500. The van der Waals surface area contributed by atoms with E-state index in [1.54, 1.807) is 0 Å². The first-order chi connectivity index (χ1) is 8.00. The van der Waals surface area contributed by atoms with E-state index in [0.29, 0.717) is 35.5 Å².